The number of quaternary nitrogens is 2. The first-order chi connectivity index (χ1) is 25.4. The first kappa shape index (κ1) is 40.1. The van der Waals surface area contributed by atoms with Gasteiger partial charge in [0.1, 0.15) is 26.3 Å². The predicted octanol–water partition coefficient (Wildman–Crippen LogP) is 6.79. The SMILES string of the molecule is C=CC1=C(C)c2cc3[n-]c(cc4[n-]c(cc5nc(cc1n2)C(C)=C5C=C)c(C)c4CCC(=O)OCC[N+](C)(C)C)c(CCC(=O)OCC[N+](C)(C)C)c3C. The van der Waals surface area contributed by atoms with Crippen LogP contribution in [-0.4, -0.2) is 99.5 Å². The number of hydrogen-bond donors (Lipinski definition) is 0. The number of nitrogens with zero attached hydrogens (tertiary/aromatic N) is 6. The van der Waals surface area contributed by atoms with Crippen LogP contribution in [0.3, 0.4) is 0 Å². The molecule has 0 atom stereocenters. The fraction of sp³-hybridized carbons (Fsp3) is 0.409. The second kappa shape index (κ2) is 16.1. The first-order valence-corrected chi connectivity index (χ1v) is 18.6. The van der Waals surface area contributed by atoms with Gasteiger partial charge in [-0.2, -0.15) is 0 Å². The van der Waals surface area contributed by atoms with E-state index in [1.807, 2.05) is 64.1 Å². The monoisotopic (exact) mass is 732 g/mol. The van der Waals surface area contributed by atoms with Crippen LogP contribution in [0.1, 0.15) is 71.7 Å². The lowest BCUT2D eigenvalue weighted by Gasteiger charge is -2.23. The van der Waals surface area contributed by atoms with Gasteiger partial charge in [0.05, 0.1) is 65.1 Å². The summed E-state index contributed by atoms with van der Waals surface area (Å²) in [5.74, 6) is -0.498. The van der Waals surface area contributed by atoms with Crippen molar-refractivity contribution in [2.45, 2.75) is 53.4 Å². The molecule has 0 aliphatic carbocycles. The van der Waals surface area contributed by atoms with Crippen LogP contribution in [-0.2, 0) is 31.9 Å². The highest BCUT2D eigenvalue weighted by atomic mass is 16.5. The summed E-state index contributed by atoms with van der Waals surface area (Å²) in [5, 5.41) is 0. The summed E-state index contributed by atoms with van der Waals surface area (Å²) in [4.78, 5) is 46.3. The van der Waals surface area contributed by atoms with Crippen LogP contribution in [0, 0.1) is 13.8 Å². The zero-order valence-corrected chi connectivity index (χ0v) is 33.9. The van der Waals surface area contributed by atoms with Crippen LogP contribution in [0.25, 0.3) is 44.4 Å². The van der Waals surface area contributed by atoms with Crippen molar-refractivity contribution in [2.24, 2.45) is 0 Å². The molecule has 0 saturated heterocycles. The molecule has 10 nitrogen and oxygen atoms in total. The Morgan fingerprint density at radius 2 is 1.00 bits per heavy atom. The maximum absolute atomic E-state index is 13.0. The molecule has 5 rings (SSSR count). The maximum atomic E-state index is 13.0. The molecule has 0 amide bonds. The minimum Gasteiger partial charge on any atom is -0.657 e. The minimum absolute atomic E-state index is 0.211. The van der Waals surface area contributed by atoms with Crippen LogP contribution < -0.4 is 9.97 Å². The number of aryl methyl sites for hydroxylation is 4. The third kappa shape index (κ3) is 9.35. The van der Waals surface area contributed by atoms with E-state index < -0.39 is 0 Å². The van der Waals surface area contributed by atoms with Gasteiger partial charge in [0.15, 0.2) is 0 Å². The number of likely N-dealkylation sites (N-methyl/N-ethyl adjacent to an activating group) is 2. The molecule has 286 valence electrons. The second-order valence-electron chi connectivity index (χ2n) is 16.3. The Bertz CT molecular complexity index is 2220. The number of allylic oxidation sites excluding steroid dienone is 6. The average molecular weight is 733 g/mol. The van der Waals surface area contributed by atoms with E-state index in [0.717, 1.165) is 102 Å². The molecule has 5 heterocycles. The lowest BCUT2D eigenvalue weighted by Crippen LogP contribution is -2.38. The van der Waals surface area contributed by atoms with Gasteiger partial charge in [-0.15, -0.1) is 22.1 Å². The standard InChI is InChI=1S/C44H56N6O4/c1-13-31-27(3)35-23-36-29(5)33(15-17-43(51)53-21-19-49(7,8)9)41(47-36)26-42-34(16-18-44(52)54-22-20-50(10,11)12)30(6)38(48-42)25-40-32(14-2)28(4)37(46-40)24-39(31)45-35/h13-14,23-26H,1-2,15-22H2,3-12H3. The Hall–Kier alpha value is -5.06. The van der Waals surface area contributed by atoms with E-state index in [4.69, 9.17) is 29.4 Å². The number of carbonyl (C=O) groups excluding carboxylic acids is 2. The molecule has 0 N–H and O–H groups in total. The zero-order chi connectivity index (χ0) is 39.5. The van der Waals surface area contributed by atoms with Gasteiger partial charge in [-0.1, -0.05) is 65.8 Å². The van der Waals surface area contributed by atoms with Crippen molar-refractivity contribution in [3.8, 4) is 0 Å². The smallest absolute Gasteiger partial charge is 0.306 e. The number of carbonyl (C=O) groups is 2. The summed E-state index contributed by atoms with van der Waals surface area (Å²) < 4.78 is 12.6. The molecule has 0 saturated carbocycles. The molecular formula is C44H56N6O4. The van der Waals surface area contributed by atoms with E-state index in [1.165, 1.54) is 0 Å². The Morgan fingerprint density at radius 1 is 0.611 bits per heavy atom. The Balaban J connectivity index is 1.70. The number of hydrogen-bond acceptors (Lipinski definition) is 6. The van der Waals surface area contributed by atoms with Crippen molar-refractivity contribution >= 4 is 56.3 Å². The van der Waals surface area contributed by atoms with Gasteiger partial charge in [0.2, 0.25) is 0 Å². The highest BCUT2D eigenvalue weighted by Gasteiger charge is 2.19. The van der Waals surface area contributed by atoms with Crippen molar-refractivity contribution in [2.75, 3.05) is 68.6 Å². The number of fused-ring (bicyclic) bond motifs is 8. The topological polar surface area (TPSA) is 107 Å². The zero-order valence-electron chi connectivity index (χ0n) is 33.9. The van der Waals surface area contributed by atoms with Crippen molar-refractivity contribution < 1.29 is 28.0 Å². The number of ether oxygens (including phenoxy) is 2. The summed E-state index contributed by atoms with van der Waals surface area (Å²) in [6.45, 7) is 18.5. The Kier molecular flexibility index (Phi) is 12.0. The molecule has 3 aromatic heterocycles. The van der Waals surface area contributed by atoms with E-state index in [9.17, 15) is 9.59 Å². The lowest BCUT2D eigenvalue weighted by atomic mass is 10.0. The lowest BCUT2D eigenvalue weighted by molar-refractivity contribution is -0.870. The highest BCUT2D eigenvalue weighted by molar-refractivity contribution is 5.99. The van der Waals surface area contributed by atoms with E-state index >= 15 is 0 Å². The quantitative estimate of drug-likeness (QED) is 0.132. The molecule has 0 radical (unpaired) electrons. The van der Waals surface area contributed by atoms with E-state index in [0.29, 0.717) is 35.0 Å². The molecule has 2 aliphatic heterocycles. The molecule has 10 heteroatoms. The number of rotatable bonds is 14. The van der Waals surface area contributed by atoms with E-state index in [-0.39, 0.29) is 24.8 Å². The van der Waals surface area contributed by atoms with Gasteiger partial charge >= 0.3 is 11.9 Å². The minimum atomic E-state index is -0.249. The van der Waals surface area contributed by atoms with Crippen molar-refractivity contribution in [1.29, 1.82) is 0 Å². The van der Waals surface area contributed by atoms with Gasteiger partial charge in [-0.25, -0.2) is 9.97 Å². The van der Waals surface area contributed by atoms with Crippen LogP contribution in [0.15, 0.2) is 49.6 Å². The van der Waals surface area contributed by atoms with Gasteiger partial charge in [0.25, 0.3) is 0 Å². The fourth-order valence-electron chi connectivity index (χ4n) is 6.61. The highest BCUT2D eigenvalue weighted by Crippen LogP contribution is 2.35. The van der Waals surface area contributed by atoms with Gasteiger partial charge in [-0.05, 0) is 57.7 Å². The van der Waals surface area contributed by atoms with Crippen LogP contribution in [0.4, 0.5) is 0 Å². The van der Waals surface area contributed by atoms with Crippen molar-refractivity contribution in [1.82, 2.24) is 19.9 Å². The molecular weight excluding hydrogens is 677 g/mol. The van der Waals surface area contributed by atoms with Crippen molar-refractivity contribution in [3.05, 3.63) is 94.6 Å². The maximum Gasteiger partial charge on any atom is 0.306 e. The number of esters is 2. The molecule has 0 unspecified atom stereocenters. The van der Waals surface area contributed by atoms with Crippen LogP contribution in [0.2, 0.25) is 0 Å². The summed E-state index contributed by atoms with van der Waals surface area (Å²) >= 11 is 0. The average Bonchev–Trinajstić information content (AvgIpc) is 3.74. The molecule has 3 aromatic rings. The third-order valence-electron chi connectivity index (χ3n) is 10.1. The Labute approximate surface area is 320 Å². The van der Waals surface area contributed by atoms with E-state index in [2.05, 4.69) is 55.4 Å². The van der Waals surface area contributed by atoms with Crippen LogP contribution >= 0.6 is 0 Å². The molecule has 8 bridgehead atoms. The first-order valence-electron chi connectivity index (χ1n) is 18.6. The second-order valence-corrected chi connectivity index (χ2v) is 16.3. The largest absolute Gasteiger partial charge is 0.657 e. The van der Waals surface area contributed by atoms with Gasteiger partial charge in [-0.3, -0.25) is 9.59 Å². The summed E-state index contributed by atoms with van der Waals surface area (Å²) in [7, 11) is 12.4. The summed E-state index contributed by atoms with van der Waals surface area (Å²) in [6, 6.07) is 7.98. The van der Waals surface area contributed by atoms with Gasteiger partial charge < -0.3 is 28.4 Å². The van der Waals surface area contributed by atoms with Crippen molar-refractivity contribution in [3.63, 3.8) is 0 Å². The van der Waals surface area contributed by atoms with Crippen LogP contribution in [0.5, 0.6) is 0 Å². The molecule has 0 spiro atoms. The Morgan fingerprint density at radius 3 is 1.41 bits per heavy atom. The van der Waals surface area contributed by atoms with E-state index in [1.54, 1.807) is 0 Å². The molecule has 0 aromatic carbocycles. The molecule has 54 heavy (non-hydrogen) atoms. The molecule has 0 fully saturated rings. The molecule has 2 aliphatic rings. The number of aromatic nitrogens is 4. The normalized spacial score (nSPS) is 13.4. The summed E-state index contributed by atoms with van der Waals surface area (Å²) in [5.41, 5.74) is 13.7. The predicted molar refractivity (Wildman–Crippen MR) is 218 cm³/mol. The van der Waals surface area contributed by atoms with Gasteiger partial charge in [0, 0.05) is 24.0 Å². The summed E-state index contributed by atoms with van der Waals surface area (Å²) in [6.07, 6.45) is 4.97. The third-order valence-corrected chi connectivity index (χ3v) is 10.1. The fourth-order valence-corrected chi connectivity index (χ4v) is 6.61.